The molecular weight excluding hydrogens is 369 g/mol. The Labute approximate surface area is 150 Å². The highest BCUT2D eigenvalue weighted by Gasteiger charge is 2.32. The van der Waals surface area contributed by atoms with Gasteiger partial charge in [-0.1, -0.05) is 17.8 Å². The highest BCUT2D eigenvalue weighted by atomic mass is 32.2. The Bertz CT molecular complexity index is 867. The number of halogens is 3. The monoisotopic (exact) mass is 380 g/mol. The van der Waals surface area contributed by atoms with E-state index in [1.165, 1.54) is 30.1 Å². The summed E-state index contributed by atoms with van der Waals surface area (Å²) < 4.78 is 43.3. The maximum Gasteiger partial charge on any atom is 0.433 e. The summed E-state index contributed by atoms with van der Waals surface area (Å²) in [7, 11) is 0. The van der Waals surface area contributed by atoms with Gasteiger partial charge in [0.05, 0.1) is 12.0 Å². The fraction of sp³-hybridized carbons (Fsp3) is 0.125. The molecule has 1 saturated heterocycles. The van der Waals surface area contributed by atoms with E-state index < -0.39 is 11.9 Å². The minimum Gasteiger partial charge on any atom is -0.439 e. The number of carbonyl (C=O) groups is 1. The molecule has 0 atom stereocenters. The van der Waals surface area contributed by atoms with Gasteiger partial charge in [-0.15, -0.1) is 5.10 Å². The first-order valence-corrected chi connectivity index (χ1v) is 8.24. The molecule has 0 spiro atoms. The molecule has 2 heterocycles. The van der Waals surface area contributed by atoms with Crippen LogP contribution in [0.5, 0.6) is 11.6 Å². The van der Waals surface area contributed by atoms with E-state index in [0.29, 0.717) is 22.2 Å². The van der Waals surface area contributed by atoms with Crippen molar-refractivity contribution in [3.8, 4) is 11.6 Å². The standard InChI is InChI=1S/C16H11F3N4O2S/c17-16(18,19)12-2-1-3-14(21-12)25-11-6-4-10(5-7-11)8-20-23-15-22-13(24)9-26-15/h1-8H,9H2,(H,22,23,24). The van der Waals surface area contributed by atoms with E-state index in [4.69, 9.17) is 4.74 Å². The highest BCUT2D eigenvalue weighted by molar-refractivity contribution is 8.15. The molecule has 1 aliphatic heterocycles. The lowest BCUT2D eigenvalue weighted by Crippen LogP contribution is -2.19. The molecule has 1 aromatic carbocycles. The van der Waals surface area contributed by atoms with Crippen LogP contribution in [0.3, 0.4) is 0 Å². The molecule has 1 amide bonds. The van der Waals surface area contributed by atoms with Gasteiger partial charge in [0.1, 0.15) is 11.4 Å². The maximum atomic E-state index is 12.6. The van der Waals surface area contributed by atoms with Crippen molar-refractivity contribution in [3.63, 3.8) is 0 Å². The number of nitrogens with zero attached hydrogens (tertiary/aromatic N) is 3. The van der Waals surface area contributed by atoms with Gasteiger partial charge in [-0.2, -0.15) is 18.3 Å². The van der Waals surface area contributed by atoms with E-state index in [0.717, 1.165) is 6.07 Å². The Morgan fingerprint density at radius 2 is 1.96 bits per heavy atom. The van der Waals surface area contributed by atoms with Crippen LogP contribution in [0.15, 0.2) is 52.7 Å². The van der Waals surface area contributed by atoms with Gasteiger partial charge < -0.3 is 10.1 Å². The molecule has 0 radical (unpaired) electrons. The molecule has 1 fully saturated rings. The third-order valence-corrected chi connectivity index (χ3v) is 3.92. The van der Waals surface area contributed by atoms with Gasteiger partial charge in [-0.05, 0) is 35.9 Å². The van der Waals surface area contributed by atoms with Crippen LogP contribution in [0.1, 0.15) is 11.3 Å². The molecule has 1 N–H and O–H groups in total. The lowest BCUT2D eigenvalue weighted by molar-refractivity contribution is -0.141. The lowest BCUT2D eigenvalue weighted by Gasteiger charge is -2.08. The molecule has 134 valence electrons. The average Bonchev–Trinajstić information content (AvgIpc) is 3.01. The van der Waals surface area contributed by atoms with Crippen LogP contribution in [0.2, 0.25) is 0 Å². The van der Waals surface area contributed by atoms with E-state index in [1.807, 2.05) is 0 Å². The molecule has 10 heteroatoms. The number of thioether (sulfide) groups is 1. The molecule has 0 saturated carbocycles. The van der Waals surface area contributed by atoms with E-state index in [9.17, 15) is 18.0 Å². The Morgan fingerprint density at radius 1 is 1.19 bits per heavy atom. The number of amidine groups is 1. The number of pyridine rings is 1. The van der Waals surface area contributed by atoms with Gasteiger partial charge in [-0.25, -0.2) is 4.98 Å². The van der Waals surface area contributed by atoms with Crippen molar-refractivity contribution in [3.05, 3.63) is 53.7 Å². The van der Waals surface area contributed by atoms with Crippen molar-refractivity contribution >= 4 is 29.1 Å². The summed E-state index contributed by atoms with van der Waals surface area (Å²) in [5, 5.41) is 10.7. The van der Waals surface area contributed by atoms with Gasteiger partial charge in [0, 0.05) is 6.07 Å². The summed E-state index contributed by atoms with van der Waals surface area (Å²) in [5.74, 6) is 0.387. The molecular formula is C16H11F3N4O2S. The van der Waals surface area contributed by atoms with E-state index in [2.05, 4.69) is 20.5 Å². The fourth-order valence-electron chi connectivity index (χ4n) is 1.90. The average molecular weight is 380 g/mol. The SMILES string of the molecule is O=C1CSC(=NN=Cc2ccc(Oc3cccc(C(F)(F)F)n3)cc2)N1. The predicted octanol–water partition coefficient (Wildman–Crippen LogP) is 3.45. The van der Waals surface area contributed by atoms with Crippen LogP contribution in [0.4, 0.5) is 13.2 Å². The van der Waals surface area contributed by atoms with E-state index >= 15 is 0 Å². The largest absolute Gasteiger partial charge is 0.439 e. The number of carbonyl (C=O) groups excluding carboxylic acids is 1. The van der Waals surface area contributed by atoms with Crippen LogP contribution in [0.25, 0.3) is 0 Å². The number of benzene rings is 1. The number of aromatic nitrogens is 1. The van der Waals surface area contributed by atoms with Gasteiger partial charge in [-0.3, -0.25) is 4.79 Å². The quantitative estimate of drug-likeness (QED) is 0.651. The number of hydrogen-bond acceptors (Lipinski definition) is 6. The smallest absolute Gasteiger partial charge is 0.433 e. The zero-order chi connectivity index (χ0) is 18.6. The summed E-state index contributed by atoms with van der Waals surface area (Å²) in [5.41, 5.74) is -0.317. The molecule has 1 aromatic heterocycles. The molecule has 0 aliphatic carbocycles. The summed E-state index contributed by atoms with van der Waals surface area (Å²) >= 11 is 1.26. The lowest BCUT2D eigenvalue weighted by atomic mass is 10.2. The number of hydrogen-bond donors (Lipinski definition) is 1. The van der Waals surface area contributed by atoms with Crippen molar-refractivity contribution in [1.29, 1.82) is 0 Å². The summed E-state index contributed by atoms with van der Waals surface area (Å²) in [6.45, 7) is 0. The molecule has 0 bridgehead atoms. The van der Waals surface area contributed by atoms with Gasteiger partial charge in [0.25, 0.3) is 0 Å². The van der Waals surface area contributed by atoms with Gasteiger partial charge in [0.2, 0.25) is 11.8 Å². The summed E-state index contributed by atoms with van der Waals surface area (Å²) in [6.07, 6.45) is -3.05. The molecule has 6 nitrogen and oxygen atoms in total. The second-order valence-corrected chi connectivity index (χ2v) is 5.98. The van der Waals surface area contributed by atoms with Crippen LogP contribution >= 0.6 is 11.8 Å². The Kier molecular flexibility index (Phi) is 5.21. The summed E-state index contributed by atoms with van der Waals surface area (Å²) in [4.78, 5) is 14.4. The zero-order valence-corrected chi connectivity index (χ0v) is 13.8. The van der Waals surface area contributed by atoms with Gasteiger partial charge >= 0.3 is 6.18 Å². The molecule has 0 unspecified atom stereocenters. The van der Waals surface area contributed by atoms with E-state index in [-0.39, 0.29) is 11.8 Å². The van der Waals surface area contributed by atoms with Crippen molar-refractivity contribution in [2.75, 3.05) is 5.75 Å². The first-order valence-electron chi connectivity index (χ1n) is 7.26. The second kappa shape index (κ2) is 7.56. The van der Waals surface area contributed by atoms with Crippen molar-refractivity contribution in [2.45, 2.75) is 6.18 Å². The summed E-state index contributed by atoms with van der Waals surface area (Å²) in [6, 6.07) is 9.91. The van der Waals surface area contributed by atoms with Crippen LogP contribution < -0.4 is 10.1 Å². The molecule has 1 aliphatic rings. The number of alkyl halides is 3. The van der Waals surface area contributed by atoms with Crippen LogP contribution in [-0.2, 0) is 11.0 Å². The highest BCUT2D eigenvalue weighted by Crippen LogP contribution is 2.29. The topological polar surface area (TPSA) is 75.9 Å². The Hall–Kier alpha value is -2.88. The number of rotatable bonds is 4. The Balaban J connectivity index is 1.64. The predicted molar refractivity (Wildman–Crippen MR) is 91.4 cm³/mol. The van der Waals surface area contributed by atoms with Crippen molar-refractivity contribution < 1.29 is 22.7 Å². The second-order valence-electron chi connectivity index (χ2n) is 5.02. The fourth-order valence-corrected chi connectivity index (χ4v) is 2.53. The Morgan fingerprint density at radius 3 is 2.62 bits per heavy atom. The minimum atomic E-state index is -4.53. The van der Waals surface area contributed by atoms with Crippen molar-refractivity contribution in [1.82, 2.24) is 10.3 Å². The third-order valence-electron chi connectivity index (χ3n) is 3.06. The first kappa shape index (κ1) is 17.9. The maximum absolute atomic E-state index is 12.6. The van der Waals surface area contributed by atoms with Gasteiger partial charge in [0.15, 0.2) is 5.17 Å². The first-order chi connectivity index (χ1) is 12.4. The number of nitrogens with one attached hydrogen (secondary N) is 1. The minimum absolute atomic E-state index is 0.117. The van der Waals surface area contributed by atoms with Crippen LogP contribution in [-0.4, -0.2) is 28.0 Å². The zero-order valence-electron chi connectivity index (χ0n) is 13.0. The molecule has 26 heavy (non-hydrogen) atoms. The number of ether oxygens (including phenoxy) is 1. The molecule has 2 aromatic rings. The van der Waals surface area contributed by atoms with E-state index in [1.54, 1.807) is 24.3 Å². The molecule has 3 rings (SSSR count). The normalized spacial score (nSPS) is 16.3. The van der Waals surface area contributed by atoms with Crippen molar-refractivity contribution in [2.24, 2.45) is 10.2 Å². The third kappa shape index (κ3) is 4.82. The number of amides is 1. The van der Waals surface area contributed by atoms with Crippen LogP contribution in [0, 0.1) is 0 Å².